The van der Waals surface area contributed by atoms with Crippen LogP contribution in [-0.4, -0.2) is 19.5 Å². The fraction of sp³-hybridized carbons (Fsp3) is 0.400. The first-order valence-electron chi connectivity index (χ1n) is 4.37. The summed E-state index contributed by atoms with van der Waals surface area (Å²) in [5, 5.41) is 0.541. The van der Waals surface area contributed by atoms with Crippen LogP contribution < -0.4 is 4.90 Å². The molecule has 14 heavy (non-hydrogen) atoms. The Hall–Kier alpha value is -0.470. The van der Waals surface area contributed by atoms with Crippen molar-refractivity contribution in [2.45, 2.75) is 6.42 Å². The van der Waals surface area contributed by atoms with Crippen molar-refractivity contribution in [1.82, 2.24) is 0 Å². The molecule has 0 bridgehead atoms. The third-order valence-corrected chi connectivity index (χ3v) is 2.45. The first-order chi connectivity index (χ1) is 6.65. The molecule has 0 amide bonds. The highest BCUT2D eigenvalue weighted by atomic mass is 35.5. The van der Waals surface area contributed by atoms with Gasteiger partial charge in [0.1, 0.15) is 5.82 Å². The maximum atomic E-state index is 13.3. The van der Waals surface area contributed by atoms with Gasteiger partial charge in [0.15, 0.2) is 0 Å². The van der Waals surface area contributed by atoms with E-state index >= 15 is 0 Å². The molecule has 1 aromatic carbocycles. The predicted octanol–water partition coefficient (Wildman–Crippen LogP) is 3.54. The highest BCUT2D eigenvalue weighted by Crippen LogP contribution is 2.22. The molecular weight excluding hydrogens is 224 g/mol. The van der Waals surface area contributed by atoms with E-state index < -0.39 is 0 Å². The van der Waals surface area contributed by atoms with Crippen molar-refractivity contribution in [3.8, 4) is 0 Å². The summed E-state index contributed by atoms with van der Waals surface area (Å²) in [6, 6.07) is 4.52. The van der Waals surface area contributed by atoms with Crippen LogP contribution in [0, 0.1) is 5.82 Å². The number of nitrogens with zero attached hydrogens (tertiary/aromatic N) is 1. The summed E-state index contributed by atoms with van der Waals surface area (Å²) in [6.07, 6.45) is 0.823. The van der Waals surface area contributed by atoms with E-state index in [9.17, 15) is 4.39 Å². The van der Waals surface area contributed by atoms with Gasteiger partial charge in [-0.15, -0.1) is 11.6 Å². The number of halogens is 3. The number of hydrogen-bond acceptors (Lipinski definition) is 1. The smallest absolute Gasteiger partial charge is 0.146 e. The zero-order valence-corrected chi connectivity index (χ0v) is 9.45. The van der Waals surface area contributed by atoms with Crippen molar-refractivity contribution in [3.63, 3.8) is 0 Å². The molecule has 1 aromatic rings. The topological polar surface area (TPSA) is 3.24 Å². The molecule has 0 aliphatic carbocycles. The van der Waals surface area contributed by atoms with Crippen molar-refractivity contribution in [2.75, 3.05) is 24.4 Å². The van der Waals surface area contributed by atoms with E-state index in [2.05, 4.69) is 0 Å². The van der Waals surface area contributed by atoms with Crippen molar-refractivity contribution >= 4 is 28.9 Å². The van der Waals surface area contributed by atoms with E-state index in [1.807, 2.05) is 11.9 Å². The van der Waals surface area contributed by atoms with Gasteiger partial charge in [0, 0.05) is 24.5 Å². The van der Waals surface area contributed by atoms with Crippen LogP contribution in [0.25, 0.3) is 0 Å². The Labute approximate surface area is 93.4 Å². The molecule has 0 spiro atoms. The fourth-order valence-corrected chi connectivity index (χ4v) is 1.48. The summed E-state index contributed by atoms with van der Waals surface area (Å²) in [4.78, 5) is 1.81. The fourth-order valence-electron chi connectivity index (χ4n) is 1.20. The molecule has 0 heterocycles. The minimum absolute atomic E-state index is 0.258. The normalized spacial score (nSPS) is 10.3. The number of alkyl halides is 1. The zero-order chi connectivity index (χ0) is 10.6. The molecule has 0 fully saturated rings. The minimum atomic E-state index is -0.258. The van der Waals surface area contributed by atoms with Gasteiger partial charge in [-0.1, -0.05) is 11.6 Å². The monoisotopic (exact) mass is 235 g/mol. The largest absolute Gasteiger partial charge is 0.372 e. The Bertz CT molecular complexity index is 304. The summed E-state index contributed by atoms with van der Waals surface area (Å²) in [7, 11) is 1.82. The SMILES string of the molecule is CN(CCCCl)c1cc(Cl)ccc1F. The van der Waals surface area contributed by atoms with Crippen molar-refractivity contribution < 1.29 is 4.39 Å². The van der Waals surface area contributed by atoms with Gasteiger partial charge in [-0.2, -0.15) is 0 Å². The average molecular weight is 236 g/mol. The lowest BCUT2D eigenvalue weighted by Gasteiger charge is -2.19. The second-order valence-electron chi connectivity index (χ2n) is 3.06. The standard InChI is InChI=1S/C10H12Cl2FN/c1-14(6-2-5-11)10-7-8(12)3-4-9(10)13/h3-4,7H,2,5-6H2,1H3. The van der Waals surface area contributed by atoms with Gasteiger partial charge in [0.2, 0.25) is 0 Å². The number of anilines is 1. The molecule has 4 heteroatoms. The van der Waals surface area contributed by atoms with Crippen LogP contribution in [0.5, 0.6) is 0 Å². The maximum absolute atomic E-state index is 13.3. The molecule has 0 radical (unpaired) electrons. The molecule has 0 atom stereocenters. The second kappa shape index (κ2) is 5.42. The van der Waals surface area contributed by atoms with Crippen molar-refractivity contribution in [1.29, 1.82) is 0 Å². The van der Waals surface area contributed by atoms with E-state index in [-0.39, 0.29) is 5.82 Å². The van der Waals surface area contributed by atoms with Crippen LogP contribution in [0.2, 0.25) is 5.02 Å². The Kier molecular flexibility index (Phi) is 4.49. The highest BCUT2D eigenvalue weighted by Gasteiger charge is 2.07. The summed E-state index contributed by atoms with van der Waals surface area (Å²) >= 11 is 11.3. The predicted molar refractivity (Wildman–Crippen MR) is 60.0 cm³/mol. The molecule has 0 saturated carbocycles. The molecule has 0 aliphatic rings. The van der Waals surface area contributed by atoms with E-state index in [0.29, 0.717) is 16.6 Å². The molecule has 0 N–H and O–H groups in total. The molecule has 0 saturated heterocycles. The van der Waals surface area contributed by atoms with Crippen molar-refractivity contribution in [2.24, 2.45) is 0 Å². The maximum Gasteiger partial charge on any atom is 0.146 e. The molecular formula is C10H12Cl2FN. The lowest BCUT2D eigenvalue weighted by molar-refractivity contribution is 0.622. The van der Waals surface area contributed by atoms with Crippen LogP contribution in [0.1, 0.15) is 6.42 Å². The first kappa shape index (κ1) is 11.6. The van der Waals surface area contributed by atoms with E-state index in [1.165, 1.54) is 12.1 Å². The van der Waals surface area contributed by atoms with Gasteiger partial charge < -0.3 is 4.90 Å². The Morgan fingerprint density at radius 2 is 2.14 bits per heavy atom. The van der Waals surface area contributed by atoms with E-state index in [0.717, 1.165) is 13.0 Å². The van der Waals surface area contributed by atoms with Gasteiger partial charge in [0.05, 0.1) is 5.69 Å². The number of hydrogen-bond donors (Lipinski definition) is 0. The summed E-state index contributed by atoms with van der Waals surface area (Å²) in [6.45, 7) is 0.723. The summed E-state index contributed by atoms with van der Waals surface area (Å²) in [5.41, 5.74) is 0.516. The van der Waals surface area contributed by atoms with Crippen LogP contribution in [0.4, 0.5) is 10.1 Å². The highest BCUT2D eigenvalue weighted by molar-refractivity contribution is 6.30. The summed E-state index contributed by atoms with van der Waals surface area (Å²) < 4.78 is 13.3. The Balaban J connectivity index is 2.77. The molecule has 0 unspecified atom stereocenters. The van der Waals surface area contributed by atoms with E-state index in [4.69, 9.17) is 23.2 Å². The lowest BCUT2D eigenvalue weighted by Crippen LogP contribution is -2.19. The van der Waals surface area contributed by atoms with Gasteiger partial charge in [-0.25, -0.2) is 4.39 Å². The van der Waals surface area contributed by atoms with Crippen LogP contribution in [0.3, 0.4) is 0 Å². The van der Waals surface area contributed by atoms with Gasteiger partial charge >= 0.3 is 0 Å². The van der Waals surface area contributed by atoms with E-state index in [1.54, 1.807) is 6.07 Å². The third kappa shape index (κ3) is 3.03. The van der Waals surface area contributed by atoms with Crippen LogP contribution >= 0.6 is 23.2 Å². The molecule has 0 aromatic heterocycles. The van der Waals surface area contributed by atoms with Gasteiger partial charge in [-0.3, -0.25) is 0 Å². The average Bonchev–Trinajstić information content (AvgIpc) is 2.18. The Morgan fingerprint density at radius 3 is 2.79 bits per heavy atom. The van der Waals surface area contributed by atoms with Crippen LogP contribution in [-0.2, 0) is 0 Å². The molecule has 1 nitrogen and oxygen atoms in total. The summed E-state index contributed by atoms with van der Waals surface area (Å²) in [5.74, 6) is 0.318. The van der Waals surface area contributed by atoms with Gasteiger partial charge in [-0.05, 0) is 24.6 Å². The quantitative estimate of drug-likeness (QED) is 0.722. The number of benzene rings is 1. The van der Waals surface area contributed by atoms with Gasteiger partial charge in [0.25, 0.3) is 0 Å². The third-order valence-electron chi connectivity index (χ3n) is 1.95. The number of rotatable bonds is 4. The lowest BCUT2D eigenvalue weighted by atomic mass is 10.2. The molecule has 0 aliphatic heterocycles. The van der Waals surface area contributed by atoms with Crippen LogP contribution in [0.15, 0.2) is 18.2 Å². The molecule has 78 valence electrons. The first-order valence-corrected chi connectivity index (χ1v) is 5.28. The van der Waals surface area contributed by atoms with Crippen molar-refractivity contribution in [3.05, 3.63) is 29.0 Å². The zero-order valence-electron chi connectivity index (χ0n) is 7.93. The Morgan fingerprint density at radius 1 is 1.43 bits per heavy atom. The second-order valence-corrected chi connectivity index (χ2v) is 3.87. The molecule has 1 rings (SSSR count). The minimum Gasteiger partial charge on any atom is -0.372 e.